The first-order valence-electron chi connectivity index (χ1n) is 11.4. The molecule has 182 valence electrons. The van der Waals surface area contributed by atoms with Crippen molar-refractivity contribution in [1.29, 1.82) is 0 Å². The van der Waals surface area contributed by atoms with Crippen LogP contribution in [-0.4, -0.2) is 42.9 Å². The molecule has 5 nitrogen and oxygen atoms in total. The number of anilines is 1. The molecule has 1 unspecified atom stereocenters. The summed E-state index contributed by atoms with van der Waals surface area (Å²) in [6.45, 7) is 4.43. The highest BCUT2D eigenvalue weighted by Crippen LogP contribution is 2.26. The second kappa shape index (κ2) is 11.1. The van der Waals surface area contributed by atoms with Crippen molar-refractivity contribution in [3.63, 3.8) is 0 Å². The first-order chi connectivity index (χ1) is 16.8. The first-order valence-corrected chi connectivity index (χ1v) is 12.2. The van der Waals surface area contributed by atoms with Crippen molar-refractivity contribution < 1.29 is 14.0 Å². The lowest BCUT2D eigenvalue weighted by Crippen LogP contribution is -2.49. The lowest BCUT2D eigenvalue weighted by atomic mass is 10.1. The minimum absolute atomic E-state index is 0.00180. The standard InChI is InChI=1S/C27H26Cl2FN3O2/c1-18(19-5-9-21(30)10-6-19)31-27(35)20-7-11-22(12-8-20)32-13-15-33(16-14-32)26(34)17-23-24(28)3-2-4-25(23)29/h2-12,18H,13-17H2,1H3,(H,31,35). The Balaban J connectivity index is 1.30. The molecule has 8 heteroatoms. The molecular formula is C27H26Cl2FN3O2. The van der Waals surface area contributed by atoms with Gasteiger partial charge >= 0.3 is 0 Å². The summed E-state index contributed by atoms with van der Waals surface area (Å²) < 4.78 is 13.1. The maximum Gasteiger partial charge on any atom is 0.251 e. The Bertz CT molecular complexity index is 1170. The third-order valence-corrected chi connectivity index (χ3v) is 6.94. The summed E-state index contributed by atoms with van der Waals surface area (Å²) in [5.74, 6) is -0.498. The molecule has 0 radical (unpaired) electrons. The maximum absolute atomic E-state index is 13.1. The predicted molar refractivity (Wildman–Crippen MR) is 138 cm³/mol. The molecule has 3 aromatic carbocycles. The minimum Gasteiger partial charge on any atom is -0.368 e. The first kappa shape index (κ1) is 25.0. The molecule has 1 atom stereocenters. The van der Waals surface area contributed by atoms with Crippen LogP contribution >= 0.6 is 23.2 Å². The second-order valence-electron chi connectivity index (χ2n) is 8.54. The Hall–Kier alpha value is -3.09. The third kappa shape index (κ3) is 6.13. The highest BCUT2D eigenvalue weighted by Gasteiger charge is 2.23. The van der Waals surface area contributed by atoms with Gasteiger partial charge in [0.15, 0.2) is 0 Å². The fourth-order valence-electron chi connectivity index (χ4n) is 4.12. The van der Waals surface area contributed by atoms with Crippen LogP contribution in [0.15, 0.2) is 66.7 Å². The summed E-state index contributed by atoms with van der Waals surface area (Å²) in [5, 5.41) is 3.94. The zero-order chi connectivity index (χ0) is 24.9. The topological polar surface area (TPSA) is 52.7 Å². The van der Waals surface area contributed by atoms with Crippen LogP contribution in [0.3, 0.4) is 0 Å². The molecule has 4 rings (SSSR count). The Labute approximate surface area is 214 Å². The largest absolute Gasteiger partial charge is 0.368 e. The fourth-order valence-corrected chi connectivity index (χ4v) is 4.65. The van der Waals surface area contributed by atoms with E-state index in [1.54, 1.807) is 42.5 Å². The number of benzene rings is 3. The van der Waals surface area contributed by atoms with Gasteiger partial charge in [-0.15, -0.1) is 0 Å². The fraction of sp³-hybridized carbons (Fsp3) is 0.259. The number of carbonyl (C=O) groups is 2. The van der Waals surface area contributed by atoms with Gasteiger partial charge < -0.3 is 15.1 Å². The average Bonchev–Trinajstić information content (AvgIpc) is 2.87. The third-order valence-electron chi connectivity index (χ3n) is 6.23. The van der Waals surface area contributed by atoms with Gasteiger partial charge in [-0.2, -0.15) is 0 Å². The summed E-state index contributed by atoms with van der Waals surface area (Å²) >= 11 is 12.4. The van der Waals surface area contributed by atoms with Crippen molar-refractivity contribution in [3.8, 4) is 0 Å². The van der Waals surface area contributed by atoms with Gasteiger partial charge in [0, 0.05) is 47.5 Å². The Morgan fingerprint density at radius 2 is 1.51 bits per heavy atom. The number of hydrogen-bond acceptors (Lipinski definition) is 3. The average molecular weight is 514 g/mol. The summed E-state index contributed by atoms with van der Waals surface area (Å²) in [4.78, 5) is 29.4. The van der Waals surface area contributed by atoms with Crippen LogP contribution in [0.1, 0.15) is 34.5 Å². The molecule has 1 heterocycles. The lowest BCUT2D eigenvalue weighted by Gasteiger charge is -2.36. The summed E-state index contributed by atoms with van der Waals surface area (Å²) in [6, 6.07) is 18.5. The molecule has 0 spiro atoms. The quantitative estimate of drug-likeness (QED) is 0.472. The highest BCUT2D eigenvalue weighted by atomic mass is 35.5. The van der Waals surface area contributed by atoms with Gasteiger partial charge in [0.2, 0.25) is 5.91 Å². The molecule has 0 aromatic heterocycles. The smallest absolute Gasteiger partial charge is 0.251 e. The van der Waals surface area contributed by atoms with Gasteiger partial charge in [0.25, 0.3) is 5.91 Å². The van der Waals surface area contributed by atoms with Gasteiger partial charge in [0.05, 0.1) is 12.5 Å². The van der Waals surface area contributed by atoms with Crippen molar-refractivity contribution in [1.82, 2.24) is 10.2 Å². The minimum atomic E-state index is -0.307. The van der Waals surface area contributed by atoms with Crippen molar-refractivity contribution in [2.75, 3.05) is 31.1 Å². The van der Waals surface area contributed by atoms with Crippen LogP contribution in [0.5, 0.6) is 0 Å². The number of piperazine rings is 1. The second-order valence-corrected chi connectivity index (χ2v) is 9.35. The van der Waals surface area contributed by atoms with Crippen LogP contribution in [-0.2, 0) is 11.2 Å². The number of carbonyl (C=O) groups excluding carboxylic acids is 2. The monoisotopic (exact) mass is 513 g/mol. The van der Waals surface area contributed by atoms with E-state index in [0.717, 1.165) is 11.3 Å². The summed E-state index contributed by atoms with van der Waals surface area (Å²) in [7, 11) is 0. The maximum atomic E-state index is 13.1. The van der Waals surface area contributed by atoms with E-state index in [1.807, 2.05) is 24.0 Å². The zero-order valence-electron chi connectivity index (χ0n) is 19.3. The van der Waals surface area contributed by atoms with Crippen LogP contribution in [0.25, 0.3) is 0 Å². The molecule has 3 aromatic rings. The van der Waals surface area contributed by atoms with E-state index in [2.05, 4.69) is 10.2 Å². The Morgan fingerprint density at radius 3 is 2.11 bits per heavy atom. The number of nitrogens with zero attached hydrogens (tertiary/aromatic N) is 2. The molecular weight excluding hydrogens is 488 g/mol. The number of halogens is 3. The number of amides is 2. The summed E-state index contributed by atoms with van der Waals surface area (Å²) in [6.07, 6.45) is 0.179. The number of hydrogen-bond donors (Lipinski definition) is 1. The van der Waals surface area contributed by atoms with Gasteiger partial charge in [0.1, 0.15) is 5.82 Å². The number of nitrogens with one attached hydrogen (secondary N) is 1. The zero-order valence-corrected chi connectivity index (χ0v) is 20.8. The number of rotatable bonds is 6. The molecule has 1 N–H and O–H groups in total. The van der Waals surface area contributed by atoms with Crippen molar-refractivity contribution in [3.05, 3.63) is 99.3 Å². The van der Waals surface area contributed by atoms with E-state index in [1.165, 1.54) is 12.1 Å². The van der Waals surface area contributed by atoms with Crippen LogP contribution in [0.2, 0.25) is 10.0 Å². The van der Waals surface area contributed by atoms with E-state index >= 15 is 0 Å². The highest BCUT2D eigenvalue weighted by molar-refractivity contribution is 6.36. The van der Waals surface area contributed by atoms with E-state index < -0.39 is 0 Å². The molecule has 1 aliphatic heterocycles. The van der Waals surface area contributed by atoms with E-state index in [9.17, 15) is 14.0 Å². The van der Waals surface area contributed by atoms with Crippen LogP contribution < -0.4 is 10.2 Å². The molecule has 0 aliphatic carbocycles. The molecule has 1 fully saturated rings. The summed E-state index contributed by atoms with van der Waals surface area (Å²) in [5.41, 5.74) is 3.04. The predicted octanol–water partition coefficient (Wildman–Crippen LogP) is 5.51. The molecule has 1 aliphatic rings. The lowest BCUT2D eigenvalue weighted by molar-refractivity contribution is -0.130. The molecule has 35 heavy (non-hydrogen) atoms. The van der Waals surface area contributed by atoms with Gasteiger partial charge in [-0.25, -0.2) is 4.39 Å². The Morgan fingerprint density at radius 1 is 0.914 bits per heavy atom. The molecule has 2 amide bonds. The molecule has 0 bridgehead atoms. The van der Waals surface area contributed by atoms with E-state index in [-0.39, 0.29) is 30.1 Å². The van der Waals surface area contributed by atoms with Gasteiger partial charge in [-0.05, 0) is 66.6 Å². The molecule has 0 saturated carbocycles. The van der Waals surface area contributed by atoms with E-state index in [4.69, 9.17) is 23.2 Å². The normalized spacial score (nSPS) is 14.5. The SMILES string of the molecule is CC(NC(=O)c1ccc(N2CCN(C(=O)Cc3c(Cl)cccc3Cl)CC2)cc1)c1ccc(F)cc1. The Kier molecular flexibility index (Phi) is 7.93. The van der Waals surface area contributed by atoms with Gasteiger partial charge in [-0.3, -0.25) is 9.59 Å². The van der Waals surface area contributed by atoms with Crippen LogP contribution in [0, 0.1) is 5.82 Å². The van der Waals surface area contributed by atoms with Gasteiger partial charge in [-0.1, -0.05) is 41.4 Å². The van der Waals surface area contributed by atoms with E-state index in [0.29, 0.717) is 47.4 Å². The van der Waals surface area contributed by atoms with Crippen molar-refractivity contribution >= 4 is 40.7 Å². The van der Waals surface area contributed by atoms with Crippen molar-refractivity contribution in [2.45, 2.75) is 19.4 Å². The molecule has 1 saturated heterocycles. The van der Waals surface area contributed by atoms with Crippen LogP contribution in [0.4, 0.5) is 10.1 Å². The van der Waals surface area contributed by atoms with Crippen molar-refractivity contribution in [2.24, 2.45) is 0 Å².